The Morgan fingerprint density at radius 1 is 0.776 bits per heavy atom. The van der Waals surface area contributed by atoms with Crippen LogP contribution in [0, 0.1) is 11.8 Å². The summed E-state index contributed by atoms with van der Waals surface area (Å²) in [5.41, 5.74) is 8.03. The van der Waals surface area contributed by atoms with Gasteiger partial charge in [-0.3, -0.25) is 24.7 Å². The number of piperidine rings is 1. The lowest BCUT2D eigenvalue weighted by atomic mass is 9.72. The number of carbonyl (C=O) groups excluding carboxylic acids is 3. The Balaban J connectivity index is 0.000000172. The lowest BCUT2D eigenvalue weighted by Gasteiger charge is -2.42. The average molecular weight is 1170 g/mol. The van der Waals surface area contributed by atoms with Crippen molar-refractivity contribution in [3.05, 3.63) is 208 Å². The maximum Gasteiger partial charge on any atom is 0.326 e. The van der Waals surface area contributed by atoms with E-state index in [1.54, 1.807) is 36.8 Å². The molecule has 3 aliphatic heterocycles. The minimum atomic E-state index is -0.968. The van der Waals surface area contributed by atoms with Crippen LogP contribution in [0.3, 0.4) is 0 Å². The molecule has 6 aromatic rings. The number of hydrogen-bond donors (Lipinski definition) is 4. The van der Waals surface area contributed by atoms with E-state index >= 15 is 0 Å². The number of carboxylic acids is 1. The number of halogens is 1. The zero-order chi connectivity index (χ0) is 60.7. The number of likely N-dealkylation sites (N-methyl/N-ethyl adjacent to an activating group) is 1. The van der Waals surface area contributed by atoms with Gasteiger partial charge in [0, 0.05) is 29.2 Å². The lowest BCUT2D eigenvalue weighted by Crippen LogP contribution is -2.55. The molecule has 1 aliphatic carbocycles. The number of aliphatic hydroxyl groups excluding tert-OH is 1. The molecule has 1 saturated carbocycles. The Morgan fingerprint density at radius 2 is 1.38 bits per heavy atom. The number of carboxylic acid groups (broad SMARTS) is 1. The summed E-state index contributed by atoms with van der Waals surface area (Å²) in [6.07, 6.45) is 7.77. The second kappa shape index (κ2) is 29.9. The third kappa shape index (κ3) is 16.3. The van der Waals surface area contributed by atoms with Crippen LogP contribution in [0.4, 0.5) is 5.69 Å². The number of anilines is 1. The fourth-order valence-corrected chi connectivity index (χ4v) is 12.8. The summed E-state index contributed by atoms with van der Waals surface area (Å²) < 4.78 is 5.21. The van der Waals surface area contributed by atoms with E-state index in [9.17, 15) is 34.5 Å². The molecule has 13 nitrogen and oxygen atoms in total. The number of ether oxygens (including phenoxy) is 1. The summed E-state index contributed by atoms with van der Waals surface area (Å²) in [5, 5.41) is 36.1. The maximum absolute atomic E-state index is 13.2. The van der Waals surface area contributed by atoms with Gasteiger partial charge in [-0.2, -0.15) is 0 Å². The van der Waals surface area contributed by atoms with Gasteiger partial charge in [-0.1, -0.05) is 184 Å². The first-order chi connectivity index (χ1) is 40.9. The number of aliphatic carboxylic acids is 1. The van der Waals surface area contributed by atoms with Crippen LogP contribution in [0.15, 0.2) is 169 Å². The van der Waals surface area contributed by atoms with E-state index in [0.29, 0.717) is 24.3 Å². The van der Waals surface area contributed by atoms with Gasteiger partial charge in [0.1, 0.15) is 24.2 Å². The number of hydrogen-bond acceptors (Lipinski definition) is 10. The Morgan fingerprint density at radius 3 is 1.96 bits per heavy atom. The van der Waals surface area contributed by atoms with Crippen LogP contribution in [-0.4, -0.2) is 119 Å². The number of benzodiazepines with no additional fused rings is 1. The smallest absolute Gasteiger partial charge is 0.326 e. The molecule has 2 saturated heterocycles. The molecule has 6 aromatic carbocycles. The summed E-state index contributed by atoms with van der Waals surface area (Å²) in [7, 11) is 1.76. The third-order valence-corrected chi connectivity index (χ3v) is 17.7. The molecule has 0 spiro atoms. The molecular formula is C71H86ClN5O8. The molecule has 85 heavy (non-hydrogen) atoms. The molecule has 3 heterocycles. The fourth-order valence-electron chi connectivity index (χ4n) is 12.7. The van der Waals surface area contributed by atoms with Gasteiger partial charge in [0.2, 0.25) is 11.8 Å². The molecule has 3 fully saturated rings. The highest BCUT2D eigenvalue weighted by Crippen LogP contribution is 2.43. The topological polar surface area (TPSA) is 172 Å². The molecule has 10 rings (SSSR count). The Labute approximate surface area is 508 Å². The van der Waals surface area contributed by atoms with Crippen LogP contribution in [0.25, 0.3) is 0 Å². The Bertz CT molecular complexity index is 3110. The monoisotopic (exact) mass is 1170 g/mol. The third-order valence-electron chi connectivity index (χ3n) is 17.4. The van der Waals surface area contributed by atoms with E-state index < -0.39 is 35.8 Å². The van der Waals surface area contributed by atoms with Crippen LogP contribution >= 0.6 is 11.6 Å². The lowest BCUT2D eigenvalue weighted by molar-refractivity contribution is -0.151. The van der Waals surface area contributed by atoms with Crippen molar-refractivity contribution in [3.8, 4) is 0 Å². The van der Waals surface area contributed by atoms with Gasteiger partial charge < -0.3 is 34.8 Å². The van der Waals surface area contributed by atoms with Crippen LogP contribution in [0.2, 0.25) is 5.02 Å². The van der Waals surface area contributed by atoms with Gasteiger partial charge in [-0.15, -0.1) is 0 Å². The molecule has 14 heteroatoms. The number of nitrogens with one attached hydrogen (secondary N) is 1. The first-order valence-corrected chi connectivity index (χ1v) is 30.8. The van der Waals surface area contributed by atoms with E-state index in [1.165, 1.54) is 5.56 Å². The van der Waals surface area contributed by atoms with E-state index in [4.69, 9.17) is 16.3 Å². The van der Waals surface area contributed by atoms with E-state index in [-0.39, 0.29) is 54.2 Å². The molecule has 1 unspecified atom stereocenters. The normalized spacial score (nSPS) is 19.1. The van der Waals surface area contributed by atoms with Gasteiger partial charge in [-0.05, 0) is 155 Å². The van der Waals surface area contributed by atoms with Gasteiger partial charge in [0.05, 0.1) is 30.2 Å². The van der Waals surface area contributed by atoms with Gasteiger partial charge in [0.25, 0.3) is 0 Å². The number of amides is 2. The second-order valence-electron chi connectivity index (χ2n) is 24.1. The Kier molecular flexibility index (Phi) is 22.5. The number of aliphatic imine (C=N–C) groups is 1. The standard InChI is InChI=1S/C32H41NO2.C23H32N2O5.C16H13ClN2O/c1-31(2,3)26-18-16-25(17-19-26)30(34)15-10-22-33-23-20-29(21-24-33)32(35,27-11-6-4-7-12-27)28-13-8-5-9-14-28;1-3-30-23(29)18(13-12-16-8-5-4-6-9-16)24-15(2)21(26)25-19-11-7-10-17(19)14-20(25)22(27)28;1-19-14-8-7-12(17)9-13(14)16(18-10-15(19)20)11-5-3-2-4-6-11/h4-9,11-14,16-19,29-30,34-35H,10,15,20-24H2,1-3H3;4-6,8-9,15,17-20,24H,3,7,10-14H2,1-2H3,(H,27,28);2-9H,10H2,1H3/t;15-,17-,18-,19-,20-;/m.0./s1. The van der Waals surface area contributed by atoms with Gasteiger partial charge >= 0.3 is 11.9 Å². The minimum absolute atomic E-state index is 0.00629. The number of carbonyl (C=O) groups is 4. The number of aliphatic hydroxyl groups is 2. The van der Waals surface area contributed by atoms with Crippen molar-refractivity contribution in [1.82, 2.24) is 15.1 Å². The van der Waals surface area contributed by atoms with E-state index in [2.05, 4.69) is 84.5 Å². The number of nitrogens with zero attached hydrogens (tertiary/aromatic N) is 4. The highest BCUT2D eigenvalue weighted by molar-refractivity contribution is 6.32. The predicted octanol–water partition coefficient (Wildman–Crippen LogP) is 12.0. The van der Waals surface area contributed by atoms with Crippen LogP contribution in [-0.2, 0) is 41.4 Å². The molecule has 2 amide bonds. The summed E-state index contributed by atoms with van der Waals surface area (Å²) in [6.45, 7) is 13.4. The molecule has 450 valence electrons. The Hall–Kier alpha value is -7.00. The van der Waals surface area contributed by atoms with E-state index in [0.717, 1.165) is 109 Å². The number of esters is 1. The molecule has 4 N–H and O–H groups in total. The zero-order valence-electron chi connectivity index (χ0n) is 50.3. The first kappa shape index (κ1) is 64.0. The predicted molar refractivity (Wildman–Crippen MR) is 338 cm³/mol. The highest BCUT2D eigenvalue weighted by Gasteiger charge is 2.50. The summed E-state index contributed by atoms with van der Waals surface area (Å²) in [4.78, 5) is 59.7. The van der Waals surface area contributed by atoms with Gasteiger partial charge in [-0.25, -0.2) is 4.79 Å². The molecule has 4 aliphatic rings. The van der Waals surface area contributed by atoms with Crippen LogP contribution < -0.4 is 10.2 Å². The van der Waals surface area contributed by atoms with Crippen LogP contribution in [0.5, 0.6) is 0 Å². The van der Waals surface area contributed by atoms with Crippen LogP contribution in [0.1, 0.15) is 137 Å². The SMILES string of the molecule is CC(C)(C)c1ccc(C(O)CCCN2CCC(C(O)(c3ccccc3)c3ccccc3)CC2)cc1.CCOC(=O)[C@H](CCc1ccccc1)N[C@@H](C)C(=O)N1[C@H](C(=O)O)C[C@@H]2CCC[C@@H]21.CN1C(=O)CN=C(c2ccccc2)c2cc(Cl)ccc21. The largest absolute Gasteiger partial charge is 0.480 e. The number of fused-ring (bicyclic) bond motifs is 2. The van der Waals surface area contributed by atoms with Crippen molar-refractivity contribution in [2.75, 3.05) is 44.7 Å². The van der Waals surface area contributed by atoms with Crippen molar-refractivity contribution in [3.63, 3.8) is 0 Å². The van der Waals surface area contributed by atoms with Crippen molar-refractivity contribution in [2.24, 2.45) is 16.8 Å². The molecule has 0 bridgehead atoms. The highest BCUT2D eigenvalue weighted by atomic mass is 35.5. The second-order valence-corrected chi connectivity index (χ2v) is 24.5. The zero-order valence-corrected chi connectivity index (χ0v) is 51.0. The number of likely N-dealkylation sites (tertiary alicyclic amines) is 2. The molecule has 0 aromatic heterocycles. The summed E-state index contributed by atoms with van der Waals surface area (Å²) >= 11 is 6.11. The number of benzene rings is 6. The van der Waals surface area contributed by atoms with Crippen molar-refractivity contribution >= 4 is 46.8 Å². The average Bonchev–Trinajstić information content (AvgIpc) is 2.32. The summed E-state index contributed by atoms with van der Waals surface area (Å²) in [5.74, 6) is -1.17. The van der Waals surface area contributed by atoms with Gasteiger partial charge in [0.15, 0.2) is 0 Å². The summed E-state index contributed by atoms with van der Waals surface area (Å²) in [6, 6.07) is 51.8. The van der Waals surface area contributed by atoms with E-state index in [1.807, 2.05) is 109 Å². The maximum atomic E-state index is 13.2. The molecule has 6 atom stereocenters. The molecular weight excluding hydrogens is 1090 g/mol. The van der Waals surface area contributed by atoms with Crippen molar-refractivity contribution < 1.29 is 39.2 Å². The minimum Gasteiger partial charge on any atom is -0.480 e. The number of aryl methyl sites for hydroxylation is 1. The van der Waals surface area contributed by atoms with Crippen molar-refractivity contribution in [2.45, 2.75) is 140 Å². The van der Waals surface area contributed by atoms with Crippen molar-refractivity contribution in [1.29, 1.82) is 0 Å². The number of rotatable bonds is 18. The quantitative estimate of drug-likeness (QED) is 0.0607. The fraction of sp³-hybridized carbons (Fsp3) is 0.423. The first-order valence-electron chi connectivity index (χ1n) is 30.4. The molecule has 0 radical (unpaired) electrons.